The molecule has 2 aromatic rings. The number of halogens is 2. The molecule has 0 atom stereocenters. The van der Waals surface area contributed by atoms with Crippen molar-refractivity contribution in [3.05, 3.63) is 65.2 Å². The fourth-order valence-corrected chi connectivity index (χ4v) is 1.58. The molecule has 0 fully saturated rings. The van der Waals surface area contributed by atoms with E-state index in [1.165, 1.54) is 0 Å². The summed E-state index contributed by atoms with van der Waals surface area (Å²) in [7, 11) is 0. The number of hydrogen-bond acceptors (Lipinski definition) is 2. The molecule has 0 aliphatic rings. The molecule has 0 heterocycles. The van der Waals surface area contributed by atoms with Gasteiger partial charge in [-0.25, -0.2) is 8.78 Å². The van der Waals surface area contributed by atoms with E-state index < -0.39 is 17.5 Å². The third kappa shape index (κ3) is 3.28. The van der Waals surface area contributed by atoms with Crippen molar-refractivity contribution in [3.63, 3.8) is 0 Å². The predicted octanol–water partition coefficient (Wildman–Crippen LogP) is 2.48. The van der Waals surface area contributed by atoms with E-state index in [0.29, 0.717) is 5.69 Å². The number of nitrogen functional groups attached to an aromatic ring is 1. The van der Waals surface area contributed by atoms with Crippen LogP contribution in [0.4, 0.5) is 14.5 Å². The fourth-order valence-electron chi connectivity index (χ4n) is 1.58. The van der Waals surface area contributed by atoms with Crippen LogP contribution in [0.25, 0.3) is 0 Å². The van der Waals surface area contributed by atoms with Gasteiger partial charge in [0.05, 0.1) is 5.56 Å². The number of carbonyl (C=O) groups excluding carboxylic acids is 1. The van der Waals surface area contributed by atoms with Gasteiger partial charge in [0.2, 0.25) is 0 Å². The average Bonchev–Trinajstić information content (AvgIpc) is 2.40. The maximum Gasteiger partial charge on any atom is 0.254 e. The van der Waals surface area contributed by atoms with Crippen LogP contribution in [0.5, 0.6) is 0 Å². The zero-order chi connectivity index (χ0) is 13.8. The fraction of sp³-hybridized carbons (Fsp3) is 0.0714. The second kappa shape index (κ2) is 5.48. The van der Waals surface area contributed by atoms with Crippen LogP contribution in [0.15, 0.2) is 42.5 Å². The van der Waals surface area contributed by atoms with E-state index in [-0.39, 0.29) is 12.1 Å². The third-order valence-electron chi connectivity index (χ3n) is 2.61. The largest absolute Gasteiger partial charge is 0.399 e. The molecule has 0 bridgehead atoms. The smallest absolute Gasteiger partial charge is 0.254 e. The summed E-state index contributed by atoms with van der Waals surface area (Å²) < 4.78 is 26.3. The van der Waals surface area contributed by atoms with Gasteiger partial charge in [0.15, 0.2) is 0 Å². The minimum Gasteiger partial charge on any atom is -0.399 e. The lowest BCUT2D eigenvalue weighted by Gasteiger charge is -2.06. The zero-order valence-corrected chi connectivity index (χ0v) is 9.99. The summed E-state index contributed by atoms with van der Waals surface area (Å²) in [5, 5.41) is 2.52. The van der Waals surface area contributed by atoms with E-state index in [4.69, 9.17) is 5.73 Å². The standard InChI is InChI=1S/C14H12F2N2O/c15-10-3-6-13(16)12(7-10)14(19)18-8-9-1-4-11(17)5-2-9/h1-7H,8,17H2,(H,18,19). The van der Waals surface area contributed by atoms with E-state index in [9.17, 15) is 13.6 Å². The first-order valence-electron chi connectivity index (χ1n) is 5.64. The van der Waals surface area contributed by atoms with E-state index in [2.05, 4.69) is 5.32 Å². The van der Waals surface area contributed by atoms with Gasteiger partial charge in [-0.15, -0.1) is 0 Å². The SMILES string of the molecule is Nc1ccc(CNC(=O)c2cc(F)ccc2F)cc1. The number of nitrogens with two attached hydrogens (primary N) is 1. The van der Waals surface area contributed by atoms with Crippen molar-refractivity contribution in [3.8, 4) is 0 Å². The molecule has 0 unspecified atom stereocenters. The summed E-state index contributed by atoms with van der Waals surface area (Å²) in [4.78, 5) is 11.7. The summed E-state index contributed by atoms with van der Waals surface area (Å²) in [6.45, 7) is 0.217. The van der Waals surface area contributed by atoms with Gasteiger partial charge in [0.25, 0.3) is 5.91 Å². The molecule has 1 amide bonds. The van der Waals surface area contributed by atoms with Gasteiger partial charge in [0, 0.05) is 12.2 Å². The molecule has 3 nitrogen and oxygen atoms in total. The highest BCUT2D eigenvalue weighted by Gasteiger charge is 2.12. The topological polar surface area (TPSA) is 55.1 Å². The molecule has 0 saturated carbocycles. The van der Waals surface area contributed by atoms with E-state index in [1.807, 2.05) is 0 Å². The van der Waals surface area contributed by atoms with Gasteiger partial charge >= 0.3 is 0 Å². The van der Waals surface area contributed by atoms with E-state index in [1.54, 1.807) is 24.3 Å². The van der Waals surface area contributed by atoms with Gasteiger partial charge in [-0.2, -0.15) is 0 Å². The lowest BCUT2D eigenvalue weighted by molar-refractivity contribution is 0.0946. The molecule has 5 heteroatoms. The van der Waals surface area contributed by atoms with Crippen molar-refractivity contribution in [1.29, 1.82) is 0 Å². The Morgan fingerprint density at radius 3 is 2.47 bits per heavy atom. The Hall–Kier alpha value is -2.43. The van der Waals surface area contributed by atoms with Crippen molar-refractivity contribution in [1.82, 2.24) is 5.32 Å². The van der Waals surface area contributed by atoms with Crippen LogP contribution in [0.3, 0.4) is 0 Å². The Bertz CT molecular complexity index is 597. The highest BCUT2D eigenvalue weighted by Crippen LogP contribution is 2.10. The van der Waals surface area contributed by atoms with Gasteiger partial charge in [-0.05, 0) is 35.9 Å². The van der Waals surface area contributed by atoms with Crippen molar-refractivity contribution < 1.29 is 13.6 Å². The maximum absolute atomic E-state index is 13.4. The molecule has 0 aliphatic carbocycles. The molecule has 2 rings (SSSR count). The molecule has 0 saturated heterocycles. The first-order valence-corrected chi connectivity index (χ1v) is 5.64. The molecular weight excluding hydrogens is 250 g/mol. The highest BCUT2D eigenvalue weighted by atomic mass is 19.1. The number of hydrogen-bond donors (Lipinski definition) is 2. The summed E-state index contributed by atoms with van der Waals surface area (Å²) in [5.74, 6) is -2.07. The monoisotopic (exact) mass is 262 g/mol. The summed E-state index contributed by atoms with van der Waals surface area (Å²) in [6.07, 6.45) is 0. The normalized spacial score (nSPS) is 10.2. The molecule has 0 aromatic heterocycles. The summed E-state index contributed by atoms with van der Waals surface area (Å²) >= 11 is 0. The van der Waals surface area contributed by atoms with Gasteiger partial charge in [-0.3, -0.25) is 4.79 Å². The number of nitrogens with one attached hydrogen (secondary N) is 1. The van der Waals surface area contributed by atoms with Crippen molar-refractivity contribution in [2.45, 2.75) is 6.54 Å². The minimum absolute atomic E-state index is 0.217. The molecule has 2 aromatic carbocycles. The predicted molar refractivity (Wildman–Crippen MR) is 68.4 cm³/mol. The summed E-state index contributed by atoms with van der Waals surface area (Å²) in [5.41, 5.74) is 6.66. The van der Waals surface area contributed by atoms with Crippen LogP contribution < -0.4 is 11.1 Å². The van der Waals surface area contributed by atoms with Crippen molar-refractivity contribution in [2.24, 2.45) is 0 Å². The van der Waals surface area contributed by atoms with Crippen LogP contribution >= 0.6 is 0 Å². The Morgan fingerprint density at radius 2 is 1.79 bits per heavy atom. The van der Waals surface area contributed by atoms with Gasteiger partial charge in [0.1, 0.15) is 11.6 Å². The van der Waals surface area contributed by atoms with Crippen molar-refractivity contribution in [2.75, 3.05) is 5.73 Å². The Labute approximate surface area is 109 Å². The first-order chi connectivity index (χ1) is 9.06. The lowest BCUT2D eigenvalue weighted by atomic mass is 10.1. The quantitative estimate of drug-likeness (QED) is 0.835. The van der Waals surface area contributed by atoms with Crippen LogP contribution in [-0.2, 0) is 6.54 Å². The van der Waals surface area contributed by atoms with E-state index in [0.717, 1.165) is 23.8 Å². The molecule has 19 heavy (non-hydrogen) atoms. The number of anilines is 1. The number of benzene rings is 2. The van der Waals surface area contributed by atoms with Crippen LogP contribution in [-0.4, -0.2) is 5.91 Å². The minimum atomic E-state index is -0.754. The molecule has 0 spiro atoms. The van der Waals surface area contributed by atoms with Gasteiger partial charge < -0.3 is 11.1 Å². The Balaban J connectivity index is 2.05. The number of rotatable bonds is 3. The van der Waals surface area contributed by atoms with Crippen LogP contribution in [0.2, 0.25) is 0 Å². The molecule has 0 radical (unpaired) electrons. The lowest BCUT2D eigenvalue weighted by Crippen LogP contribution is -2.24. The molecule has 3 N–H and O–H groups in total. The second-order valence-electron chi connectivity index (χ2n) is 4.05. The number of carbonyl (C=O) groups is 1. The Morgan fingerprint density at radius 1 is 1.11 bits per heavy atom. The Kier molecular flexibility index (Phi) is 3.75. The van der Waals surface area contributed by atoms with Crippen LogP contribution in [0.1, 0.15) is 15.9 Å². The van der Waals surface area contributed by atoms with E-state index >= 15 is 0 Å². The first kappa shape index (κ1) is 13.0. The van der Waals surface area contributed by atoms with Crippen LogP contribution in [0, 0.1) is 11.6 Å². The molecule has 0 aliphatic heterocycles. The molecular formula is C14H12F2N2O. The number of amides is 1. The third-order valence-corrected chi connectivity index (χ3v) is 2.61. The highest BCUT2D eigenvalue weighted by molar-refractivity contribution is 5.94. The summed E-state index contributed by atoms with van der Waals surface area (Å²) in [6, 6.07) is 9.65. The van der Waals surface area contributed by atoms with Gasteiger partial charge in [-0.1, -0.05) is 12.1 Å². The zero-order valence-electron chi connectivity index (χ0n) is 9.99. The van der Waals surface area contributed by atoms with Crippen molar-refractivity contribution >= 4 is 11.6 Å². The second-order valence-corrected chi connectivity index (χ2v) is 4.05. The maximum atomic E-state index is 13.4. The average molecular weight is 262 g/mol. The molecule has 98 valence electrons.